The zero-order chi connectivity index (χ0) is 13.1. The number of rotatable bonds is 2. The Kier molecular flexibility index (Phi) is 3.90. The summed E-state index contributed by atoms with van der Waals surface area (Å²) in [6.45, 7) is 2.03. The van der Waals surface area contributed by atoms with Crippen molar-refractivity contribution in [2.24, 2.45) is 0 Å². The Morgan fingerprint density at radius 2 is 2.00 bits per heavy atom. The molecule has 0 aliphatic heterocycles. The minimum Gasteiger partial charge on any atom is -0.355 e. The van der Waals surface area contributed by atoms with Crippen LogP contribution in [0.2, 0.25) is 5.02 Å². The molecule has 0 fully saturated rings. The quantitative estimate of drug-likeness (QED) is 0.842. The maximum absolute atomic E-state index is 8.81. The Labute approximate surface area is 119 Å². The Morgan fingerprint density at radius 1 is 1.22 bits per heavy atom. The first-order chi connectivity index (χ1) is 8.60. The van der Waals surface area contributed by atoms with Crippen molar-refractivity contribution in [3.63, 3.8) is 0 Å². The topological polar surface area (TPSA) is 35.8 Å². The second kappa shape index (κ2) is 5.43. The molecule has 0 heterocycles. The van der Waals surface area contributed by atoms with Crippen LogP contribution in [-0.4, -0.2) is 0 Å². The van der Waals surface area contributed by atoms with Gasteiger partial charge in [-0.25, -0.2) is 0 Å². The molecule has 0 radical (unpaired) electrons. The molecular formula is C14H10BrClN2. The molecule has 0 saturated heterocycles. The summed E-state index contributed by atoms with van der Waals surface area (Å²) < 4.78 is 0.989. The largest absolute Gasteiger partial charge is 0.355 e. The van der Waals surface area contributed by atoms with Crippen molar-refractivity contribution in [3.05, 3.63) is 57.0 Å². The predicted octanol–water partition coefficient (Wildman–Crippen LogP) is 5.03. The molecule has 0 spiro atoms. The van der Waals surface area contributed by atoms with Gasteiger partial charge < -0.3 is 5.32 Å². The second-order valence-electron chi connectivity index (χ2n) is 3.91. The van der Waals surface area contributed by atoms with Crippen LogP contribution in [0.15, 0.2) is 40.9 Å². The van der Waals surface area contributed by atoms with Gasteiger partial charge in [0.2, 0.25) is 0 Å². The van der Waals surface area contributed by atoms with Crippen molar-refractivity contribution < 1.29 is 0 Å². The molecule has 0 atom stereocenters. The van der Waals surface area contributed by atoms with E-state index >= 15 is 0 Å². The highest BCUT2D eigenvalue weighted by molar-refractivity contribution is 9.10. The SMILES string of the molecule is Cc1ccc(Nc2ccc(C#N)c(Cl)c2)c(Br)c1. The minimum absolute atomic E-state index is 0.450. The van der Waals surface area contributed by atoms with Crippen LogP contribution in [0, 0.1) is 18.3 Å². The highest BCUT2D eigenvalue weighted by atomic mass is 79.9. The summed E-state index contributed by atoms with van der Waals surface area (Å²) in [6.07, 6.45) is 0. The van der Waals surface area contributed by atoms with E-state index < -0.39 is 0 Å². The third kappa shape index (κ3) is 2.84. The van der Waals surface area contributed by atoms with Crippen LogP contribution in [0.1, 0.15) is 11.1 Å². The lowest BCUT2D eigenvalue weighted by molar-refractivity contribution is 1.43. The molecule has 90 valence electrons. The fourth-order valence-electron chi connectivity index (χ4n) is 1.56. The van der Waals surface area contributed by atoms with Crippen LogP contribution in [0.4, 0.5) is 11.4 Å². The van der Waals surface area contributed by atoms with E-state index in [1.165, 1.54) is 5.56 Å². The van der Waals surface area contributed by atoms with Gasteiger partial charge in [-0.1, -0.05) is 17.7 Å². The number of benzene rings is 2. The van der Waals surface area contributed by atoms with Gasteiger partial charge in [0.05, 0.1) is 16.3 Å². The van der Waals surface area contributed by atoms with Gasteiger partial charge in [-0.3, -0.25) is 0 Å². The standard InChI is InChI=1S/C14H10BrClN2/c1-9-2-5-14(12(15)6-9)18-11-4-3-10(8-17)13(16)7-11/h2-7,18H,1H3. The molecule has 2 nitrogen and oxygen atoms in total. The number of nitrogens with zero attached hydrogens (tertiary/aromatic N) is 1. The number of halogens is 2. The van der Waals surface area contributed by atoms with Crippen LogP contribution >= 0.6 is 27.5 Å². The average Bonchev–Trinajstić information content (AvgIpc) is 2.33. The summed E-state index contributed by atoms with van der Waals surface area (Å²) in [5, 5.41) is 12.5. The van der Waals surface area contributed by atoms with Crippen LogP contribution in [0.5, 0.6) is 0 Å². The third-order valence-corrected chi connectivity index (χ3v) is 3.46. The molecule has 2 rings (SSSR count). The summed E-state index contributed by atoms with van der Waals surface area (Å²) >= 11 is 9.49. The monoisotopic (exact) mass is 320 g/mol. The van der Waals surface area contributed by atoms with Gasteiger partial charge in [0, 0.05) is 10.2 Å². The summed E-state index contributed by atoms with van der Waals surface area (Å²) in [7, 11) is 0. The molecule has 0 bridgehead atoms. The van der Waals surface area contributed by atoms with Crippen LogP contribution in [0.25, 0.3) is 0 Å². The van der Waals surface area contributed by atoms with E-state index in [4.69, 9.17) is 16.9 Å². The first-order valence-electron chi connectivity index (χ1n) is 5.33. The van der Waals surface area contributed by atoms with Gasteiger partial charge in [-0.2, -0.15) is 5.26 Å². The Morgan fingerprint density at radius 3 is 2.61 bits per heavy atom. The fourth-order valence-corrected chi connectivity index (χ4v) is 2.38. The molecule has 1 N–H and O–H groups in total. The molecular weight excluding hydrogens is 312 g/mol. The maximum atomic E-state index is 8.81. The molecule has 2 aromatic rings. The van der Waals surface area contributed by atoms with E-state index in [0.717, 1.165) is 15.8 Å². The highest BCUT2D eigenvalue weighted by Gasteiger charge is 2.03. The molecule has 0 aromatic heterocycles. The first kappa shape index (κ1) is 12.9. The number of hydrogen-bond donors (Lipinski definition) is 1. The third-order valence-electron chi connectivity index (χ3n) is 2.49. The van der Waals surface area contributed by atoms with Crippen molar-refractivity contribution in [3.8, 4) is 6.07 Å². The van der Waals surface area contributed by atoms with E-state index in [1.807, 2.05) is 37.3 Å². The molecule has 0 aliphatic rings. The van der Waals surface area contributed by atoms with Crippen LogP contribution in [-0.2, 0) is 0 Å². The summed E-state index contributed by atoms with van der Waals surface area (Å²) in [5.41, 5.74) is 3.47. The lowest BCUT2D eigenvalue weighted by atomic mass is 10.2. The predicted molar refractivity (Wildman–Crippen MR) is 78.3 cm³/mol. The molecule has 4 heteroatoms. The Hall–Kier alpha value is -1.50. The molecule has 18 heavy (non-hydrogen) atoms. The van der Waals surface area contributed by atoms with Gasteiger partial charge in [0.15, 0.2) is 0 Å². The van der Waals surface area contributed by atoms with Gasteiger partial charge in [0.1, 0.15) is 6.07 Å². The number of hydrogen-bond acceptors (Lipinski definition) is 2. The Bertz CT molecular complexity index is 632. The van der Waals surface area contributed by atoms with Crippen molar-refractivity contribution >= 4 is 38.9 Å². The van der Waals surface area contributed by atoms with E-state index in [9.17, 15) is 0 Å². The summed E-state index contributed by atoms with van der Waals surface area (Å²) in [6, 6.07) is 13.4. The highest BCUT2D eigenvalue weighted by Crippen LogP contribution is 2.28. The van der Waals surface area contributed by atoms with Crippen molar-refractivity contribution in [1.29, 1.82) is 5.26 Å². The van der Waals surface area contributed by atoms with Crippen molar-refractivity contribution in [1.82, 2.24) is 0 Å². The number of nitrogens with one attached hydrogen (secondary N) is 1. The van der Waals surface area contributed by atoms with E-state index in [0.29, 0.717) is 10.6 Å². The van der Waals surface area contributed by atoms with Gasteiger partial charge in [-0.15, -0.1) is 0 Å². The summed E-state index contributed by atoms with van der Waals surface area (Å²) in [5.74, 6) is 0. The molecule has 0 unspecified atom stereocenters. The van der Waals surface area contributed by atoms with Gasteiger partial charge >= 0.3 is 0 Å². The first-order valence-corrected chi connectivity index (χ1v) is 6.50. The zero-order valence-corrected chi connectivity index (χ0v) is 12.0. The number of anilines is 2. The smallest absolute Gasteiger partial charge is 0.101 e. The Balaban J connectivity index is 2.29. The molecule has 2 aromatic carbocycles. The van der Waals surface area contributed by atoms with E-state index in [1.54, 1.807) is 12.1 Å². The lowest BCUT2D eigenvalue weighted by Gasteiger charge is -2.10. The van der Waals surface area contributed by atoms with Crippen molar-refractivity contribution in [2.75, 3.05) is 5.32 Å². The molecule has 0 amide bonds. The number of nitriles is 1. The van der Waals surface area contributed by atoms with E-state index in [2.05, 4.69) is 21.2 Å². The average molecular weight is 322 g/mol. The van der Waals surface area contributed by atoms with Crippen molar-refractivity contribution in [2.45, 2.75) is 6.92 Å². The maximum Gasteiger partial charge on any atom is 0.101 e. The number of aryl methyl sites for hydroxylation is 1. The molecule has 0 aliphatic carbocycles. The van der Waals surface area contributed by atoms with Gasteiger partial charge in [0.25, 0.3) is 0 Å². The second-order valence-corrected chi connectivity index (χ2v) is 5.18. The van der Waals surface area contributed by atoms with Crippen LogP contribution < -0.4 is 5.32 Å². The zero-order valence-electron chi connectivity index (χ0n) is 9.67. The van der Waals surface area contributed by atoms with Gasteiger partial charge in [-0.05, 0) is 58.7 Å². The molecule has 0 saturated carbocycles. The van der Waals surface area contributed by atoms with Crippen LogP contribution in [0.3, 0.4) is 0 Å². The van der Waals surface area contributed by atoms with E-state index in [-0.39, 0.29) is 0 Å². The normalized spacial score (nSPS) is 9.89. The lowest BCUT2D eigenvalue weighted by Crippen LogP contribution is -1.92. The fraction of sp³-hybridized carbons (Fsp3) is 0.0714. The summed E-state index contributed by atoms with van der Waals surface area (Å²) in [4.78, 5) is 0. The minimum atomic E-state index is 0.450.